The summed E-state index contributed by atoms with van der Waals surface area (Å²) in [5.41, 5.74) is 0.485. The Morgan fingerprint density at radius 1 is 1.23 bits per heavy atom. The van der Waals surface area contributed by atoms with E-state index in [1.807, 2.05) is 0 Å². The highest BCUT2D eigenvalue weighted by atomic mass is 35.5. The van der Waals surface area contributed by atoms with Crippen LogP contribution in [0.25, 0.3) is 0 Å². The zero-order chi connectivity index (χ0) is 22.4. The standard InChI is InChI=1S/C21H23ClN4O4S/c1-25(10-7-19(28)26-11-8-23-9-12-26)21(30)14-3-2-4-16(15(14)13-27)24-20(29)17-5-6-18(22)31-17/h2-6,13,23H,7-12H2,1H3,(H,24,29). The number of hydrogen-bond acceptors (Lipinski definition) is 6. The molecule has 1 aromatic heterocycles. The molecule has 0 radical (unpaired) electrons. The summed E-state index contributed by atoms with van der Waals surface area (Å²) in [7, 11) is 1.58. The Balaban J connectivity index is 1.68. The molecule has 31 heavy (non-hydrogen) atoms. The summed E-state index contributed by atoms with van der Waals surface area (Å²) in [6, 6.07) is 7.87. The molecule has 0 spiro atoms. The third kappa shape index (κ3) is 5.69. The first-order valence-corrected chi connectivity index (χ1v) is 11.0. The Hall–Kier alpha value is -2.75. The minimum atomic E-state index is -0.417. The first kappa shape index (κ1) is 22.9. The van der Waals surface area contributed by atoms with E-state index in [2.05, 4.69) is 10.6 Å². The number of carbonyl (C=O) groups is 4. The number of rotatable bonds is 7. The first-order chi connectivity index (χ1) is 14.9. The van der Waals surface area contributed by atoms with Gasteiger partial charge in [0.25, 0.3) is 11.8 Å². The van der Waals surface area contributed by atoms with Crippen LogP contribution in [0.3, 0.4) is 0 Å². The maximum atomic E-state index is 12.9. The third-order valence-corrected chi connectivity index (χ3v) is 6.21. The molecule has 2 N–H and O–H groups in total. The molecule has 2 heterocycles. The molecule has 3 rings (SSSR count). The molecule has 0 atom stereocenters. The van der Waals surface area contributed by atoms with Crippen LogP contribution >= 0.6 is 22.9 Å². The molecule has 0 unspecified atom stereocenters. The van der Waals surface area contributed by atoms with Gasteiger partial charge >= 0.3 is 0 Å². The summed E-state index contributed by atoms with van der Waals surface area (Å²) in [5.74, 6) is -0.822. The first-order valence-electron chi connectivity index (χ1n) is 9.79. The van der Waals surface area contributed by atoms with Crippen molar-refractivity contribution in [2.45, 2.75) is 6.42 Å². The van der Waals surface area contributed by atoms with Crippen molar-refractivity contribution in [3.63, 3.8) is 0 Å². The van der Waals surface area contributed by atoms with Crippen LogP contribution in [0.2, 0.25) is 4.34 Å². The lowest BCUT2D eigenvalue weighted by molar-refractivity contribution is -0.131. The summed E-state index contributed by atoms with van der Waals surface area (Å²) < 4.78 is 0.474. The zero-order valence-electron chi connectivity index (χ0n) is 17.0. The third-order valence-electron chi connectivity index (χ3n) is 4.98. The maximum Gasteiger partial charge on any atom is 0.265 e. The second kappa shape index (κ2) is 10.5. The largest absolute Gasteiger partial charge is 0.341 e. The van der Waals surface area contributed by atoms with Crippen LogP contribution in [0.4, 0.5) is 5.69 Å². The number of piperazine rings is 1. The fourth-order valence-corrected chi connectivity index (χ4v) is 4.19. The van der Waals surface area contributed by atoms with E-state index in [4.69, 9.17) is 11.6 Å². The fraction of sp³-hybridized carbons (Fsp3) is 0.333. The number of hydrogen-bond donors (Lipinski definition) is 2. The van der Waals surface area contributed by atoms with Gasteiger partial charge < -0.3 is 20.4 Å². The Morgan fingerprint density at radius 3 is 2.61 bits per heavy atom. The fourth-order valence-electron chi connectivity index (χ4n) is 3.25. The van der Waals surface area contributed by atoms with Crippen molar-refractivity contribution in [3.8, 4) is 0 Å². The van der Waals surface area contributed by atoms with Crippen LogP contribution in [-0.4, -0.2) is 73.6 Å². The van der Waals surface area contributed by atoms with E-state index >= 15 is 0 Å². The van der Waals surface area contributed by atoms with Crippen molar-refractivity contribution in [1.82, 2.24) is 15.1 Å². The summed E-state index contributed by atoms with van der Waals surface area (Å²) in [5, 5.41) is 5.85. The van der Waals surface area contributed by atoms with Crippen molar-refractivity contribution < 1.29 is 19.2 Å². The molecular formula is C21H23ClN4O4S. The van der Waals surface area contributed by atoms with Crippen molar-refractivity contribution in [1.29, 1.82) is 0 Å². The van der Waals surface area contributed by atoms with Crippen LogP contribution in [0.1, 0.15) is 36.8 Å². The molecule has 0 aliphatic carbocycles. The molecule has 1 saturated heterocycles. The number of carbonyl (C=O) groups excluding carboxylic acids is 4. The van der Waals surface area contributed by atoms with Gasteiger partial charge in [0, 0.05) is 46.2 Å². The summed E-state index contributed by atoms with van der Waals surface area (Å²) in [6.07, 6.45) is 0.748. The molecular weight excluding hydrogens is 440 g/mol. The number of nitrogens with zero attached hydrogens (tertiary/aromatic N) is 2. The minimum Gasteiger partial charge on any atom is -0.341 e. The van der Waals surface area contributed by atoms with Crippen LogP contribution in [0.15, 0.2) is 30.3 Å². The lowest BCUT2D eigenvalue weighted by atomic mass is 10.0. The summed E-state index contributed by atoms with van der Waals surface area (Å²) >= 11 is 6.99. The molecule has 1 aliphatic heterocycles. The van der Waals surface area contributed by atoms with Crippen molar-refractivity contribution in [2.24, 2.45) is 0 Å². The van der Waals surface area contributed by atoms with E-state index in [9.17, 15) is 19.2 Å². The van der Waals surface area contributed by atoms with E-state index in [0.29, 0.717) is 28.6 Å². The van der Waals surface area contributed by atoms with Gasteiger partial charge in [-0.3, -0.25) is 19.2 Å². The van der Waals surface area contributed by atoms with Gasteiger partial charge in [0.15, 0.2) is 6.29 Å². The second-order valence-electron chi connectivity index (χ2n) is 7.05. The topological polar surface area (TPSA) is 98.8 Å². The predicted molar refractivity (Wildman–Crippen MR) is 120 cm³/mol. The number of anilines is 1. The number of nitrogens with one attached hydrogen (secondary N) is 2. The zero-order valence-corrected chi connectivity index (χ0v) is 18.6. The monoisotopic (exact) mass is 462 g/mol. The highest BCUT2D eigenvalue weighted by Crippen LogP contribution is 2.24. The van der Waals surface area contributed by atoms with Crippen molar-refractivity contribution in [2.75, 3.05) is 45.1 Å². The average Bonchev–Trinajstić information content (AvgIpc) is 3.23. The molecule has 0 saturated carbocycles. The van der Waals surface area contributed by atoms with Gasteiger partial charge in [-0.1, -0.05) is 17.7 Å². The van der Waals surface area contributed by atoms with Crippen LogP contribution in [0, 0.1) is 0 Å². The number of amides is 3. The van der Waals surface area contributed by atoms with Gasteiger partial charge in [-0.15, -0.1) is 11.3 Å². The van der Waals surface area contributed by atoms with Gasteiger partial charge in [0.1, 0.15) is 0 Å². The maximum absolute atomic E-state index is 12.9. The molecule has 8 nitrogen and oxygen atoms in total. The Bertz CT molecular complexity index is 988. The van der Waals surface area contributed by atoms with Crippen LogP contribution in [0.5, 0.6) is 0 Å². The van der Waals surface area contributed by atoms with E-state index < -0.39 is 11.8 Å². The molecule has 2 aromatic rings. The molecule has 10 heteroatoms. The molecule has 1 fully saturated rings. The highest BCUT2D eigenvalue weighted by Gasteiger charge is 2.22. The lowest BCUT2D eigenvalue weighted by Crippen LogP contribution is -2.47. The van der Waals surface area contributed by atoms with E-state index in [-0.39, 0.29) is 35.7 Å². The van der Waals surface area contributed by atoms with E-state index in [1.54, 1.807) is 36.2 Å². The SMILES string of the molecule is CN(CCC(=O)N1CCNCC1)C(=O)c1cccc(NC(=O)c2ccc(Cl)s2)c1C=O. The van der Waals surface area contributed by atoms with Gasteiger partial charge in [0.05, 0.1) is 26.0 Å². The minimum absolute atomic E-state index is 0.00705. The molecule has 164 valence electrons. The predicted octanol–water partition coefficient (Wildman–Crippen LogP) is 2.36. The quantitative estimate of drug-likeness (QED) is 0.615. The van der Waals surface area contributed by atoms with Gasteiger partial charge in [-0.2, -0.15) is 0 Å². The Labute approximate surface area is 189 Å². The number of thiophene rings is 1. The molecule has 1 aliphatic rings. The second-order valence-corrected chi connectivity index (χ2v) is 8.77. The smallest absolute Gasteiger partial charge is 0.265 e. The van der Waals surface area contributed by atoms with Gasteiger partial charge in [0.2, 0.25) is 5.91 Å². The molecule has 0 bridgehead atoms. The van der Waals surface area contributed by atoms with E-state index in [1.165, 1.54) is 11.0 Å². The number of benzene rings is 1. The highest BCUT2D eigenvalue weighted by molar-refractivity contribution is 7.18. The van der Waals surface area contributed by atoms with Crippen LogP contribution < -0.4 is 10.6 Å². The van der Waals surface area contributed by atoms with Crippen molar-refractivity contribution in [3.05, 3.63) is 50.7 Å². The molecule has 1 aromatic carbocycles. The Morgan fingerprint density at radius 2 is 1.97 bits per heavy atom. The number of halogens is 1. The van der Waals surface area contributed by atoms with Crippen LogP contribution in [-0.2, 0) is 4.79 Å². The van der Waals surface area contributed by atoms with E-state index in [0.717, 1.165) is 24.4 Å². The lowest BCUT2D eigenvalue weighted by Gasteiger charge is -2.28. The number of aldehydes is 1. The average molecular weight is 463 g/mol. The van der Waals surface area contributed by atoms with Crippen molar-refractivity contribution >= 4 is 52.6 Å². The summed E-state index contributed by atoms with van der Waals surface area (Å²) in [4.78, 5) is 53.0. The van der Waals surface area contributed by atoms with Gasteiger partial charge in [-0.05, 0) is 24.3 Å². The molecule has 3 amide bonds. The summed E-state index contributed by atoms with van der Waals surface area (Å²) in [6.45, 7) is 3.06. The normalized spacial score (nSPS) is 13.5. The van der Waals surface area contributed by atoms with Gasteiger partial charge in [-0.25, -0.2) is 0 Å². The Kier molecular flexibility index (Phi) is 7.78.